The van der Waals surface area contributed by atoms with Crippen LogP contribution in [0.4, 0.5) is 0 Å². The molecule has 0 fully saturated rings. The van der Waals surface area contributed by atoms with Crippen molar-refractivity contribution in [2.24, 2.45) is 0 Å². The Bertz CT molecular complexity index is 899. The first kappa shape index (κ1) is 19.0. The van der Waals surface area contributed by atoms with E-state index >= 15 is 0 Å². The summed E-state index contributed by atoms with van der Waals surface area (Å²) in [5, 5.41) is 10.8. The van der Waals surface area contributed by atoms with Crippen LogP contribution in [0.5, 0.6) is 0 Å². The molecule has 0 aromatic heterocycles. The predicted molar refractivity (Wildman–Crippen MR) is 95.9 cm³/mol. The van der Waals surface area contributed by atoms with E-state index in [2.05, 4.69) is 0 Å². The minimum absolute atomic E-state index is 0.134. The van der Waals surface area contributed by atoms with Crippen LogP contribution in [0.15, 0.2) is 30.3 Å². The summed E-state index contributed by atoms with van der Waals surface area (Å²) in [4.78, 5) is 37.7. The van der Waals surface area contributed by atoms with Gasteiger partial charge in [-0.1, -0.05) is 76.7 Å². The van der Waals surface area contributed by atoms with Crippen molar-refractivity contribution in [3.63, 3.8) is 0 Å². The molecule has 0 N–H and O–H groups in total. The molecule has 0 spiro atoms. The van der Waals surface area contributed by atoms with E-state index < -0.39 is 23.8 Å². The summed E-state index contributed by atoms with van der Waals surface area (Å²) in [5.74, 6) is -3.42. The molecule has 0 bridgehead atoms. The van der Waals surface area contributed by atoms with E-state index in [1.54, 1.807) is 30.3 Å². The maximum absolute atomic E-state index is 12.7. The van der Waals surface area contributed by atoms with Crippen molar-refractivity contribution in [2.45, 2.75) is 12.5 Å². The largest absolute Gasteiger partial charge is 0.548 e. The summed E-state index contributed by atoms with van der Waals surface area (Å²) in [7, 11) is 0. The summed E-state index contributed by atoms with van der Waals surface area (Å²) in [6.07, 6.45) is -0.134. The van der Waals surface area contributed by atoms with Crippen LogP contribution in [0.3, 0.4) is 0 Å². The molecular formula is C17H8Cl4NO4-. The highest BCUT2D eigenvalue weighted by Gasteiger charge is 2.45. The Kier molecular flexibility index (Phi) is 5.17. The number of imide groups is 1. The van der Waals surface area contributed by atoms with E-state index in [4.69, 9.17) is 46.4 Å². The number of carboxylic acids is 1. The normalized spacial score (nSPS) is 14.5. The molecule has 9 heteroatoms. The number of benzene rings is 2. The fourth-order valence-electron chi connectivity index (χ4n) is 2.77. The molecule has 2 amide bonds. The van der Waals surface area contributed by atoms with Gasteiger partial charge in [-0.3, -0.25) is 14.5 Å². The average molecular weight is 432 g/mol. The first-order valence-electron chi connectivity index (χ1n) is 7.24. The predicted octanol–water partition coefficient (Wildman–Crippen LogP) is 3.26. The van der Waals surface area contributed by atoms with Gasteiger partial charge in [0.05, 0.1) is 43.2 Å². The lowest BCUT2D eigenvalue weighted by atomic mass is 10.0. The van der Waals surface area contributed by atoms with Gasteiger partial charge in [0.25, 0.3) is 11.8 Å². The standard InChI is InChI=1S/C17H9Cl4NO4/c18-11-9-10(12(19)14(21)13(11)20)16(24)22(15(9)23)8(17(25)26)6-7-4-2-1-3-5-7/h1-5,8H,6H2,(H,25,26)/p-1/t8-/m0/s1. The molecular weight excluding hydrogens is 424 g/mol. The number of carbonyl (C=O) groups excluding carboxylic acids is 3. The molecule has 0 aliphatic carbocycles. The average Bonchev–Trinajstić information content (AvgIpc) is 2.87. The fraction of sp³-hybridized carbons (Fsp3) is 0.118. The number of nitrogens with zero attached hydrogens (tertiary/aromatic N) is 1. The van der Waals surface area contributed by atoms with Crippen molar-refractivity contribution in [3.05, 3.63) is 67.1 Å². The minimum Gasteiger partial charge on any atom is -0.548 e. The number of hydrogen-bond acceptors (Lipinski definition) is 4. The zero-order valence-corrected chi connectivity index (χ0v) is 15.8. The van der Waals surface area contributed by atoms with Crippen LogP contribution in [-0.2, 0) is 11.2 Å². The number of carbonyl (C=O) groups is 3. The van der Waals surface area contributed by atoms with Gasteiger partial charge in [-0.05, 0) is 12.0 Å². The Morgan fingerprint density at radius 1 is 0.885 bits per heavy atom. The molecule has 0 radical (unpaired) electrons. The Balaban J connectivity index is 2.10. The summed E-state index contributed by atoms with van der Waals surface area (Å²) < 4.78 is 0. The molecule has 0 saturated carbocycles. The number of fused-ring (bicyclic) bond motifs is 1. The minimum atomic E-state index is -1.59. The molecule has 2 aromatic rings. The smallest absolute Gasteiger partial charge is 0.263 e. The first-order chi connectivity index (χ1) is 12.3. The fourth-order valence-corrected chi connectivity index (χ4v) is 3.78. The molecule has 3 rings (SSSR count). The second-order valence-electron chi connectivity index (χ2n) is 5.51. The summed E-state index contributed by atoms with van der Waals surface area (Å²) in [6, 6.07) is 6.95. The summed E-state index contributed by atoms with van der Waals surface area (Å²) in [5.41, 5.74) is 0.0669. The molecule has 5 nitrogen and oxygen atoms in total. The maximum atomic E-state index is 12.7. The number of amides is 2. The first-order valence-corrected chi connectivity index (χ1v) is 8.75. The highest BCUT2D eigenvalue weighted by atomic mass is 35.5. The Morgan fingerprint density at radius 3 is 1.77 bits per heavy atom. The van der Waals surface area contributed by atoms with Crippen molar-refractivity contribution in [1.29, 1.82) is 0 Å². The van der Waals surface area contributed by atoms with E-state index in [9.17, 15) is 19.5 Å². The molecule has 1 aliphatic heterocycles. The SMILES string of the molecule is O=C([O-])[C@H](Cc1ccccc1)N1C(=O)c2c(Cl)c(Cl)c(Cl)c(Cl)c2C1=O. The van der Waals surface area contributed by atoms with E-state index in [0.717, 1.165) is 0 Å². The van der Waals surface area contributed by atoms with Crippen LogP contribution >= 0.6 is 46.4 Å². The number of rotatable bonds is 4. The van der Waals surface area contributed by atoms with Crippen molar-refractivity contribution in [2.75, 3.05) is 0 Å². The van der Waals surface area contributed by atoms with Gasteiger partial charge in [0.15, 0.2) is 0 Å². The van der Waals surface area contributed by atoms with Crippen LogP contribution in [0.2, 0.25) is 20.1 Å². The van der Waals surface area contributed by atoms with Gasteiger partial charge in [-0.25, -0.2) is 0 Å². The maximum Gasteiger partial charge on any atom is 0.263 e. The molecule has 2 aromatic carbocycles. The molecule has 1 atom stereocenters. The van der Waals surface area contributed by atoms with E-state index in [0.29, 0.717) is 10.5 Å². The van der Waals surface area contributed by atoms with Crippen LogP contribution < -0.4 is 5.11 Å². The Labute approximate surface area is 168 Å². The van der Waals surface area contributed by atoms with Crippen molar-refractivity contribution >= 4 is 64.2 Å². The lowest BCUT2D eigenvalue weighted by molar-refractivity contribution is -0.310. The van der Waals surface area contributed by atoms with Crippen molar-refractivity contribution in [1.82, 2.24) is 4.90 Å². The van der Waals surface area contributed by atoms with Gasteiger partial charge in [-0.15, -0.1) is 0 Å². The highest BCUT2D eigenvalue weighted by Crippen LogP contribution is 2.45. The highest BCUT2D eigenvalue weighted by molar-refractivity contribution is 6.55. The van der Waals surface area contributed by atoms with Gasteiger partial charge in [0.1, 0.15) is 0 Å². The third-order valence-electron chi connectivity index (χ3n) is 3.99. The van der Waals surface area contributed by atoms with E-state index in [-0.39, 0.29) is 37.6 Å². The van der Waals surface area contributed by atoms with Gasteiger partial charge >= 0.3 is 0 Å². The van der Waals surface area contributed by atoms with Gasteiger partial charge in [0, 0.05) is 0 Å². The van der Waals surface area contributed by atoms with Gasteiger partial charge < -0.3 is 9.90 Å². The van der Waals surface area contributed by atoms with E-state index in [1.165, 1.54) is 0 Å². The topological polar surface area (TPSA) is 77.5 Å². The quantitative estimate of drug-likeness (QED) is 0.423. The molecule has 0 saturated heterocycles. The van der Waals surface area contributed by atoms with E-state index in [1.807, 2.05) is 0 Å². The van der Waals surface area contributed by atoms with Gasteiger partial charge in [-0.2, -0.15) is 0 Å². The number of halogens is 4. The van der Waals surface area contributed by atoms with Gasteiger partial charge in [0.2, 0.25) is 0 Å². The summed E-state index contributed by atoms with van der Waals surface area (Å²) in [6.45, 7) is 0. The zero-order valence-electron chi connectivity index (χ0n) is 12.8. The van der Waals surface area contributed by atoms with Crippen LogP contribution in [0.25, 0.3) is 0 Å². The Morgan fingerprint density at radius 2 is 1.35 bits per heavy atom. The third-order valence-corrected chi connectivity index (χ3v) is 5.79. The monoisotopic (exact) mass is 430 g/mol. The number of carboxylic acid groups (broad SMARTS) is 1. The second-order valence-corrected chi connectivity index (χ2v) is 7.02. The molecule has 26 heavy (non-hydrogen) atoms. The molecule has 1 heterocycles. The lowest BCUT2D eigenvalue weighted by Gasteiger charge is -2.27. The molecule has 1 aliphatic rings. The summed E-state index contributed by atoms with van der Waals surface area (Å²) >= 11 is 24.0. The number of hydrogen-bond donors (Lipinski definition) is 0. The third kappa shape index (κ3) is 2.95. The van der Waals surface area contributed by atoms with Crippen LogP contribution in [0, 0.1) is 0 Å². The second kappa shape index (κ2) is 7.08. The van der Waals surface area contributed by atoms with Crippen molar-refractivity contribution < 1.29 is 19.5 Å². The lowest BCUT2D eigenvalue weighted by Crippen LogP contribution is -2.51. The number of aliphatic carboxylic acids is 1. The molecule has 134 valence electrons. The zero-order chi connectivity index (χ0) is 19.2. The van der Waals surface area contributed by atoms with Crippen LogP contribution in [-0.4, -0.2) is 28.7 Å². The Hall–Kier alpha value is -1.79. The van der Waals surface area contributed by atoms with Crippen molar-refractivity contribution in [3.8, 4) is 0 Å². The molecule has 0 unspecified atom stereocenters. The van der Waals surface area contributed by atoms with Crippen LogP contribution in [0.1, 0.15) is 26.3 Å².